The molecule has 1 amide bonds. The Morgan fingerprint density at radius 2 is 1.79 bits per heavy atom. The lowest BCUT2D eigenvalue weighted by Crippen LogP contribution is -2.22. The van der Waals surface area contributed by atoms with E-state index in [1.807, 2.05) is 18.2 Å². The van der Waals surface area contributed by atoms with E-state index in [-0.39, 0.29) is 6.42 Å². The Hall–Kier alpha value is -2.61. The van der Waals surface area contributed by atoms with Crippen LogP contribution in [0.5, 0.6) is 0 Å². The molecule has 0 heterocycles. The maximum atomic E-state index is 12.2. The van der Waals surface area contributed by atoms with Gasteiger partial charge in [-0.15, -0.1) is 0 Å². The van der Waals surface area contributed by atoms with Crippen LogP contribution >= 0.6 is 0 Å². The molecule has 1 atom stereocenters. The molecule has 0 aliphatic carbocycles. The van der Waals surface area contributed by atoms with Crippen molar-refractivity contribution in [2.45, 2.75) is 71.1 Å². The van der Waals surface area contributed by atoms with E-state index in [0.29, 0.717) is 17.7 Å². The predicted octanol–water partition coefficient (Wildman–Crippen LogP) is 5.67. The van der Waals surface area contributed by atoms with Gasteiger partial charge in [0.2, 0.25) is 5.91 Å². The molecule has 1 aromatic rings. The number of hydrogen-bond acceptors (Lipinski definition) is 3. The minimum Gasteiger partial charge on any atom is -0.481 e. The molecule has 5 heteroatoms. The molecule has 152 valence electrons. The van der Waals surface area contributed by atoms with Crippen molar-refractivity contribution in [3.8, 4) is 6.07 Å². The molecule has 0 fully saturated rings. The van der Waals surface area contributed by atoms with Gasteiger partial charge in [0.15, 0.2) is 0 Å². The third kappa shape index (κ3) is 9.91. The second-order valence-electron chi connectivity index (χ2n) is 7.06. The number of nitrogens with one attached hydrogen (secondary N) is 1. The Bertz CT molecular complexity index is 677. The van der Waals surface area contributed by atoms with Crippen molar-refractivity contribution < 1.29 is 14.7 Å². The van der Waals surface area contributed by atoms with Gasteiger partial charge in [-0.3, -0.25) is 9.59 Å². The first kappa shape index (κ1) is 23.4. The third-order valence-corrected chi connectivity index (χ3v) is 4.66. The van der Waals surface area contributed by atoms with Crippen LogP contribution in [-0.4, -0.2) is 17.0 Å². The fourth-order valence-corrected chi connectivity index (χ4v) is 2.98. The van der Waals surface area contributed by atoms with Gasteiger partial charge < -0.3 is 10.4 Å². The summed E-state index contributed by atoms with van der Waals surface area (Å²) in [6.45, 7) is 2.21. The van der Waals surface area contributed by atoms with Gasteiger partial charge in [-0.05, 0) is 31.4 Å². The van der Waals surface area contributed by atoms with Crippen LogP contribution in [0.3, 0.4) is 0 Å². The molecule has 0 saturated carbocycles. The van der Waals surface area contributed by atoms with E-state index in [9.17, 15) is 14.7 Å². The monoisotopic (exact) mass is 384 g/mol. The molecule has 1 aromatic carbocycles. The van der Waals surface area contributed by atoms with E-state index in [4.69, 9.17) is 5.26 Å². The standard InChI is InChI=1S/C23H32N2O3/c1-2-3-4-5-6-7-8-9-10-11-14-19(23(27)28)17-22(26)25-21-16-13-12-15-20(21)18-24/h10-13,15-16,19H,2-9,14,17H2,1H3,(H,25,26)(H,27,28)/b11-10+/t19-/m0/s1. The number of carboxylic acid groups (broad SMARTS) is 1. The molecular weight excluding hydrogens is 352 g/mol. The average molecular weight is 385 g/mol. The lowest BCUT2D eigenvalue weighted by molar-refractivity contribution is -0.143. The summed E-state index contributed by atoms with van der Waals surface area (Å²) in [5, 5.41) is 21.1. The van der Waals surface area contributed by atoms with Gasteiger partial charge in [-0.25, -0.2) is 0 Å². The highest BCUT2D eigenvalue weighted by Gasteiger charge is 2.20. The van der Waals surface area contributed by atoms with Crippen molar-refractivity contribution >= 4 is 17.6 Å². The molecule has 5 nitrogen and oxygen atoms in total. The lowest BCUT2D eigenvalue weighted by Gasteiger charge is -2.11. The van der Waals surface area contributed by atoms with Crippen LogP contribution in [0, 0.1) is 17.2 Å². The first-order chi connectivity index (χ1) is 13.6. The summed E-state index contributed by atoms with van der Waals surface area (Å²) in [7, 11) is 0. The molecule has 0 saturated heterocycles. The van der Waals surface area contributed by atoms with Gasteiger partial charge in [-0.1, -0.05) is 69.7 Å². The molecule has 0 aliphatic rings. The Labute approximate surface area is 168 Å². The van der Waals surface area contributed by atoms with E-state index >= 15 is 0 Å². The molecule has 0 radical (unpaired) electrons. The molecule has 2 N–H and O–H groups in total. The van der Waals surface area contributed by atoms with Gasteiger partial charge >= 0.3 is 5.97 Å². The Morgan fingerprint density at radius 3 is 2.46 bits per heavy atom. The zero-order valence-corrected chi connectivity index (χ0v) is 16.8. The second-order valence-corrected chi connectivity index (χ2v) is 7.06. The van der Waals surface area contributed by atoms with Crippen molar-refractivity contribution in [3.63, 3.8) is 0 Å². The number of nitrogens with zero attached hydrogens (tertiary/aromatic N) is 1. The number of hydrogen-bond donors (Lipinski definition) is 2. The van der Waals surface area contributed by atoms with Crippen LogP contribution in [0.1, 0.15) is 76.7 Å². The number of nitriles is 1. The SMILES string of the molecule is CCCCCCCCC/C=C/C[C@@H](CC(=O)Nc1ccccc1C#N)C(=O)O. The number of para-hydroxylation sites is 1. The van der Waals surface area contributed by atoms with E-state index in [2.05, 4.69) is 12.2 Å². The first-order valence-electron chi connectivity index (χ1n) is 10.2. The van der Waals surface area contributed by atoms with Gasteiger partial charge in [0, 0.05) is 6.42 Å². The van der Waals surface area contributed by atoms with Crippen molar-refractivity contribution in [1.29, 1.82) is 5.26 Å². The van der Waals surface area contributed by atoms with Gasteiger partial charge in [0.1, 0.15) is 6.07 Å². The van der Waals surface area contributed by atoms with Crippen molar-refractivity contribution in [2.75, 3.05) is 5.32 Å². The maximum Gasteiger partial charge on any atom is 0.307 e. The minimum absolute atomic E-state index is 0.114. The molecule has 0 aliphatic heterocycles. The summed E-state index contributed by atoms with van der Waals surface area (Å²) in [4.78, 5) is 23.6. The van der Waals surface area contributed by atoms with Gasteiger partial charge in [-0.2, -0.15) is 5.26 Å². The van der Waals surface area contributed by atoms with Crippen LogP contribution in [0.25, 0.3) is 0 Å². The summed E-state index contributed by atoms with van der Waals surface area (Å²) in [5.41, 5.74) is 0.769. The quantitative estimate of drug-likeness (QED) is 0.319. The molecule has 0 bridgehead atoms. The zero-order chi connectivity index (χ0) is 20.6. The first-order valence-corrected chi connectivity index (χ1v) is 10.2. The number of aliphatic carboxylic acids is 1. The number of amides is 1. The highest BCUT2D eigenvalue weighted by atomic mass is 16.4. The largest absolute Gasteiger partial charge is 0.481 e. The molecular formula is C23H32N2O3. The molecule has 0 spiro atoms. The highest BCUT2D eigenvalue weighted by Crippen LogP contribution is 2.17. The number of carboxylic acids is 1. The lowest BCUT2D eigenvalue weighted by atomic mass is 10.00. The summed E-state index contributed by atoms with van der Waals surface area (Å²) in [5.74, 6) is -2.14. The van der Waals surface area contributed by atoms with E-state index in [1.54, 1.807) is 24.3 Å². The predicted molar refractivity (Wildman–Crippen MR) is 112 cm³/mol. The molecule has 0 aromatic heterocycles. The van der Waals surface area contributed by atoms with Crippen LogP contribution in [0.15, 0.2) is 36.4 Å². The van der Waals surface area contributed by atoms with Crippen LogP contribution in [0.2, 0.25) is 0 Å². The third-order valence-electron chi connectivity index (χ3n) is 4.66. The number of benzene rings is 1. The zero-order valence-electron chi connectivity index (χ0n) is 16.8. The maximum absolute atomic E-state index is 12.2. The number of rotatable bonds is 14. The normalized spacial score (nSPS) is 11.9. The highest BCUT2D eigenvalue weighted by molar-refractivity contribution is 5.94. The van der Waals surface area contributed by atoms with Crippen LogP contribution < -0.4 is 5.32 Å². The number of carbonyl (C=O) groups is 2. The summed E-state index contributed by atoms with van der Waals surface area (Å²) in [6, 6.07) is 8.68. The van der Waals surface area contributed by atoms with E-state index in [0.717, 1.165) is 12.8 Å². The number of allylic oxidation sites excluding steroid dienone is 2. The Kier molecular flexibility index (Phi) is 12.1. The van der Waals surface area contributed by atoms with Crippen LogP contribution in [0.4, 0.5) is 5.69 Å². The fourth-order valence-electron chi connectivity index (χ4n) is 2.98. The second kappa shape index (κ2) is 14.4. The van der Waals surface area contributed by atoms with Gasteiger partial charge in [0.25, 0.3) is 0 Å². The summed E-state index contributed by atoms with van der Waals surface area (Å²) >= 11 is 0. The van der Waals surface area contributed by atoms with Crippen molar-refractivity contribution in [2.24, 2.45) is 5.92 Å². The number of carbonyl (C=O) groups excluding carboxylic acids is 1. The number of unbranched alkanes of at least 4 members (excludes halogenated alkanes) is 7. The van der Waals surface area contributed by atoms with Crippen molar-refractivity contribution in [3.05, 3.63) is 42.0 Å². The molecule has 1 rings (SSSR count). The van der Waals surface area contributed by atoms with E-state index < -0.39 is 17.8 Å². The summed E-state index contributed by atoms with van der Waals surface area (Å²) in [6.07, 6.45) is 13.8. The molecule has 28 heavy (non-hydrogen) atoms. The minimum atomic E-state index is -0.982. The average Bonchev–Trinajstić information content (AvgIpc) is 2.68. The fraction of sp³-hybridized carbons (Fsp3) is 0.522. The Morgan fingerprint density at radius 1 is 1.11 bits per heavy atom. The molecule has 0 unspecified atom stereocenters. The Balaban J connectivity index is 2.34. The number of anilines is 1. The van der Waals surface area contributed by atoms with Gasteiger partial charge in [0.05, 0.1) is 17.2 Å². The van der Waals surface area contributed by atoms with E-state index in [1.165, 1.54) is 38.5 Å². The topological polar surface area (TPSA) is 90.2 Å². The van der Waals surface area contributed by atoms with Crippen molar-refractivity contribution in [1.82, 2.24) is 0 Å². The summed E-state index contributed by atoms with van der Waals surface area (Å²) < 4.78 is 0. The van der Waals surface area contributed by atoms with Crippen LogP contribution in [-0.2, 0) is 9.59 Å². The smallest absolute Gasteiger partial charge is 0.307 e.